The third kappa shape index (κ3) is 4.08. The Morgan fingerprint density at radius 2 is 1.78 bits per heavy atom. The molecule has 0 aliphatic heterocycles. The number of aryl methyl sites for hydroxylation is 1. The summed E-state index contributed by atoms with van der Waals surface area (Å²) < 4.78 is 26.9. The predicted octanol–water partition coefficient (Wildman–Crippen LogP) is 1.68. The molecule has 1 aromatic rings. The first-order chi connectivity index (χ1) is 8.36. The van der Waals surface area contributed by atoms with Crippen LogP contribution in [0.1, 0.15) is 25.8 Å². The van der Waals surface area contributed by atoms with Gasteiger partial charge in [-0.15, -0.1) is 0 Å². The number of aliphatic hydroxyl groups excluding tert-OH is 1. The molecule has 1 unspecified atom stereocenters. The Labute approximate surface area is 109 Å². The van der Waals surface area contributed by atoms with Crippen molar-refractivity contribution in [1.29, 1.82) is 0 Å². The fourth-order valence-corrected chi connectivity index (χ4v) is 3.07. The van der Waals surface area contributed by atoms with Gasteiger partial charge in [0.25, 0.3) is 0 Å². The second kappa shape index (κ2) is 6.31. The lowest BCUT2D eigenvalue weighted by Crippen LogP contribution is -2.39. The smallest absolute Gasteiger partial charge is 0.240 e. The van der Waals surface area contributed by atoms with Crippen LogP contribution in [0.3, 0.4) is 0 Å². The van der Waals surface area contributed by atoms with Crippen LogP contribution in [-0.4, -0.2) is 26.2 Å². The quantitative estimate of drug-likeness (QED) is 0.827. The summed E-state index contributed by atoms with van der Waals surface area (Å²) in [6.45, 7) is 5.74. The maximum Gasteiger partial charge on any atom is 0.240 e. The fraction of sp³-hybridized carbons (Fsp3) is 0.538. The second-order valence-corrected chi connectivity index (χ2v) is 6.51. The van der Waals surface area contributed by atoms with Crippen LogP contribution in [0.15, 0.2) is 29.2 Å². The molecule has 0 aliphatic rings. The van der Waals surface area contributed by atoms with E-state index >= 15 is 0 Å². The third-order valence-corrected chi connectivity index (χ3v) is 4.39. The summed E-state index contributed by atoms with van der Waals surface area (Å²) in [6, 6.07) is 6.47. The maximum atomic E-state index is 12.1. The number of nitrogens with one attached hydrogen (secondary N) is 1. The Morgan fingerprint density at radius 1 is 1.22 bits per heavy atom. The molecule has 0 heterocycles. The Balaban J connectivity index is 2.89. The van der Waals surface area contributed by atoms with E-state index in [-0.39, 0.29) is 23.5 Å². The molecule has 2 N–H and O–H groups in total. The van der Waals surface area contributed by atoms with E-state index in [0.717, 1.165) is 5.56 Å². The molecule has 1 rings (SSSR count). The van der Waals surface area contributed by atoms with E-state index in [2.05, 4.69) is 4.72 Å². The van der Waals surface area contributed by atoms with E-state index in [1.54, 1.807) is 24.3 Å². The number of hydrogen-bond donors (Lipinski definition) is 2. The topological polar surface area (TPSA) is 66.4 Å². The minimum absolute atomic E-state index is 0.0285. The molecule has 0 aromatic heterocycles. The SMILES string of the molecule is Cc1ccc(S(=O)(=O)NC(CCO)C(C)C)cc1. The number of hydrogen-bond acceptors (Lipinski definition) is 3. The molecule has 0 radical (unpaired) electrons. The molecule has 0 amide bonds. The van der Waals surface area contributed by atoms with Gasteiger partial charge in [0, 0.05) is 12.6 Å². The zero-order valence-corrected chi connectivity index (χ0v) is 11.9. The lowest BCUT2D eigenvalue weighted by molar-refractivity contribution is 0.256. The second-order valence-electron chi connectivity index (χ2n) is 4.80. The van der Waals surface area contributed by atoms with Crippen molar-refractivity contribution in [2.24, 2.45) is 5.92 Å². The minimum atomic E-state index is -3.50. The van der Waals surface area contributed by atoms with Crippen molar-refractivity contribution >= 4 is 10.0 Å². The fourth-order valence-electron chi connectivity index (χ4n) is 1.65. The van der Waals surface area contributed by atoms with Gasteiger partial charge in [0.2, 0.25) is 10.0 Å². The summed E-state index contributed by atoms with van der Waals surface area (Å²) >= 11 is 0. The van der Waals surface area contributed by atoms with Crippen LogP contribution in [0.25, 0.3) is 0 Å². The third-order valence-electron chi connectivity index (χ3n) is 2.88. The van der Waals surface area contributed by atoms with Crippen molar-refractivity contribution in [3.8, 4) is 0 Å². The lowest BCUT2D eigenvalue weighted by Gasteiger charge is -2.21. The van der Waals surface area contributed by atoms with Gasteiger partial charge in [0.05, 0.1) is 4.90 Å². The molecule has 0 saturated carbocycles. The van der Waals surface area contributed by atoms with Gasteiger partial charge in [0.1, 0.15) is 0 Å². The Kier molecular flexibility index (Phi) is 5.31. The Hall–Kier alpha value is -0.910. The van der Waals surface area contributed by atoms with Crippen molar-refractivity contribution < 1.29 is 13.5 Å². The van der Waals surface area contributed by atoms with Gasteiger partial charge in [-0.1, -0.05) is 31.5 Å². The van der Waals surface area contributed by atoms with Crippen LogP contribution in [0.5, 0.6) is 0 Å². The number of benzene rings is 1. The predicted molar refractivity (Wildman–Crippen MR) is 71.8 cm³/mol. The van der Waals surface area contributed by atoms with Gasteiger partial charge in [-0.2, -0.15) is 0 Å². The van der Waals surface area contributed by atoms with E-state index in [4.69, 9.17) is 5.11 Å². The monoisotopic (exact) mass is 271 g/mol. The van der Waals surface area contributed by atoms with E-state index in [9.17, 15) is 8.42 Å². The number of sulfonamides is 1. The zero-order valence-electron chi connectivity index (χ0n) is 11.1. The van der Waals surface area contributed by atoms with Crippen molar-refractivity contribution in [3.05, 3.63) is 29.8 Å². The molecule has 0 bridgehead atoms. The highest BCUT2D eigenvalue weighted by atomic mass is 32.2. The summed E-state index contributed by atoms with van der Waals surface area (Å²) in [5, 5.41) is 8.95. The summed E-state index contributed by atoms with van der Waals surface area (Å²) in [5.41, 5.74) is 1.02. The Morgan fingerprint density at radius 3 is 2.22 bits per heavy atom. The summed E-state index contributed by atoms with van der Waals surface area (Å²) in [4.78, 5) is 0.261. The van der Waals surface area contributed by atoms with Gasteiger partial charge >= 0.3 is 0 Å². The number of rotatable bonds is 6. The van der Waals surface area contributed by atoms with Crippen molar-refractivity contribution in [2.45, 2.75) is 38.1 Å². The lowest BCUT2D eigenvalue weighted by atomic mass is 10.0. The number of aliphatic hydroxyl groups is 1. The van der Waals surface area contributed by atoms with Crippen molar-refractivity contribution in [3.63, 3.8) is 0 Å². The van der Waals surface area contributed by atoms with Crippen LogP contribution >= 0.6 is 0 Å². The zero-order chi connectivity index (χ0) is 13.8. The van der Waals surface area contributed by atoms with E-state index in [0.29, 0.717) is 6.42 Å². The highest BCUT2D eigenvalue weighted by Gasteiger charge is 2.21. The van der Waals surface area contributed by atoms with Crippen LogP contribution < -0.4 is 4.72 Å². The molecular weight excluding hydrogens is 250 g/mol. The van der Waals surface area contributed by atoms with E-state index < -0.39 is 10.0 Å². The Bertz CT molecular complexity index is 466. The standard InChI is InChI=1S/C13H21NO3S/c1-10(2)13(8-9-15)14-18(16,17)12-6-4-11(3)5-7-12/h4-7,10,13-15H,8-9H2,1-3H3. The van der Waals surface area contributed by atoms with Crippen molar-refractivity contribution in [1.82, 2.24) is 4.72 Å². The molecular formula is C13H21NO3S. The highest BCUT2D eigenvalue weighted by molar-refractivity contribution is 7.89. The maximum absolute atomic E-state index is 12.1. The minimum Gasteiger partial charge on any atom is -0.396 e. The first-order valence-corrected chi connectivity index (χ1v) is 7.55. The summed E-state index contributed by atoms with van der Waals surface area (Å²) in [5.74, 6) is 0.136. The van der Waals surface area contributed by atoms with E-state index in [1.807, 2.05) is 20.8 Å². The largest absolute Gasteiger partial charge is 0.396 e. The molecule has 1 atom stereocenters. The molecule has 0 spiro atoms. The molecule has 0 fully saturated rings. The molecule has 0 aliphatic carbocycles. The summed E-state index contributed by atoms with van der Waals surface area (Å²) in [6.07, 6.45) is 0.419. The average molecular weight is 271 g/mol. The van der Waals surface area contributed by atoms with Crippen molar-refractivity contribution in [2.75, 3.05) is 6.61 Å². The van der Waals surface area contributed by atoms with Crippen LogP contribution in [-0.2, 0) is 10.0 Å². The van der Waals surface area contributed by atoms with Crippen LogP contribution in [0, 0.1) is 12.8 Å². The normalized spacial score (nSPS) is 13.8. The molecule has 5 heteroatoms. The summed E-state index contributed by atoms with van der Waals surface area (Å²) in [7, 11) is -3.50. The first kappa shape index (κ1) is 15.1. The van der Waals surface area contributed by atoms with E-state index in [1.165, 1.54) is 0 Å². The van der Waals surface area contributed by atoms with Gasteiger partial charge in [-0.25, -0.2) is 13.1 Å². The highest BCUT2D eigenvalue weighted by Crippen LogP contribution is 2.14. The molecule has 1 aromatic carbocycles. The molecule has 18 heavy (non-hydrogen) atoms. The molecule has 4 nitrogen and oxygen atoms in total. The molecule has 102 valence electrons. The first-order valence-electron chi connectivity index (χ1n) is 6.06. The van der Waals surface area contributed by atoms with Gasteiger partial charge in [-0.05, 0) is 31.4 Å². The average Bonchev–Trinajstić information content (AvgIpc) is 2.28. The van der Waals surface area contributed by atoms with Crippen LogP contribution in [0.4, 0.5) is 0 Å². The van der Waals surface area contributed by atoms with Gasteiger partial charge in [0.15, 0.2) is 0 Å². The van der Waals surface area contributed by atoms with Gasteiger partial charge < -0.3 is 5.11 Å². The van der Waals surface area contributed by atoms with Gasteiger partial charge in [-0.3, -0.25) is 0 Å². The van der Waals surface area contributed by atoms with Crippen LogP contribution in [0.2, 0.25) is 0 Å². The molecule has 0 saturated heterocycles.